The van der Waals surface area contributed by atoms with Gasteiger partial charge in [0, 0.05) is 5.92 Å². The molecule has 1 aliphatic carbocycles. The van der Waals surface area contributed by atoms with E-state index in [1.54, 1.807) is 6.92 Å². The predicted octanol–water partition coefficient (Wildman–Crippen LogP) is 3.18. The van der Waals surface area contributed by atoms with Gasteiger partial charge in [0.25, 0.3) is 0 Å². The highest BCUT2D eigenvalue weighted by Crippen LogP contribution is 2.30. The summed E-state index contributed by atoms with van der Waals surface area (Å²) < 4.78 is 26.9. The Morgan fingerprint density at radius 1 is 1.20 bits per heavy atom. The van der Waals surface area contributed by atoms with Crippen molar-refractivity contribution in [1.82, 2.24) is 0 Å². The first-order valence-corrected chi connectivity index (χ1v) is 5.69. The van der Waals surface area contributed by atoms with Crippen molar-refractivity contribution in [2.75, 3.05) is 0 Å². The Bertz CT molecular complexity index is 226. The maximum Gasteiger partial charge on any atom is 0.157 e. The lowest BCUT2D eigenvalue weighted by Gasteiger charge is -2.26. The molecule has 0 radical (unpaired) electrons. The minimum atomic E-state index is -1.78. The van der Waals surface area contributed by atoms with E-state index >= 15 is 0 Å². The number of aliphatic hydroxyl groups is 1. The topological polar surface area (TPSA) is 20.2 Å². The molecule has 88 valence electrons. The standard InChI is InChI=1S/C12H20F2O/c1-8(10-6-4-3-5-7-10)11(13)12(14)9(2)15/h6,8-9,11-12,15H,3-5,7H2,1-2H3. The average molecular weight is 218 g/mol. The largest absolute Gasteiger partial charge is 0.390 e. The third-order valence-electron chi connectivity index (χ3n) is 3.15. The molecule has 4 atom stereocenters. The summed E-state index contributed by atoms with van der Waals surface area (Å²) in [7, 11) is 0. The SMILES string of the molecule is CC(O)C(F)C(F)C(C)C1=CCCCC1. The molecule has 1 rings (SSSR count). The van der Waals surface area contributed by atoms with Crippen LogP contribution in [0.3, 0.4) is 0 Å². The molecule has 0 saturated heterocycles. The van der Waals surface area contributed by atoms with Gasteiger partial charge in [-0.15, -0.1) is 0 Å². The molecule has 0 bridgehead atoms. The van der Waals surface area contributed by atoms with Crippen molar-refractivity contribution >= 4 is 0 Å². The fourth-order valence-corrected chi connectivity index (χ4v) is 2.02. The lowest BCUT2D eigenvalue weighted by Crippen LogP contribution is -2.34. The summed E-state index contributed by atoms with van der Waals surface area (Å²) in [4.78, 5) is 0. The molecule has 0 amide bonds. The summed E-state index contributed by atoms with van der Waals surface area (Å²) in [5, 5.41) is 9.00. The zero-order chi connectivity index (χ0) is 11.4. The van der Waals surface area contributed by atoms with E-state index in [1.165, 1.54) is 6.92 Å². The van der Waals surface area contributed by atoms with E-state index in [9.17, 15) is 8.78 Å². The van der Waals surface area contributed by atoms with Gasteiger partial charge in [-0.3, -0.25) is 0 Å². The van der Waals surface area contributed by atoms with Gasteiger partial charge in [0.1, 0.15) is 6.17 Å². The lowest BCUT2D eigenvalue weighted by molar-refractivity contribution is 0.0226. The molecule has 0 fully saturated rings. The molecule has 1 N–H and O–H groups in total. The van der Waals surface area contributed by atoms with Crippen molar-refractivity contribution in [2.24, 2.45) is 5.92 Å². The first-order chi connectivity index (χ1) is 7.04. The number of allylic oxidation sites excluding steroid dienone is 2. The molecule has 4 unspecified atom stereocenters. The normalized spacial score (nSPS) is 25.3. The van der Waals surface area contributed by atoms with Crippen LogP contribution in [0.5, 0.6) is 0 Å². The zero-order valence-electron chi connectivity index (χ0n) is 9.42. The lowest BCUT2D eigenvalue weighted by atomic mass is 9.85. The summed E-state index contributed by atoms with van der Waals surface area (Å²) >= 11 is 0. The van der Waals surface area contributed by atoms with Gasteiger partial charge in [-0.1, -0.05) is 18.6 Å². The monoisotopic (exact) mass is 218 g/mol. The van der Waals surface area contributed by atoms with Crippen LogP contribution < -0.4 is 0 Å². The minimum Gasteiger partial charge on any atom is -0.390 e. The van der Waals surface area contributed by atoms with Gasteiger partial charge in [0.15, 0.2) is 6.17 Å². The average Bonchev–Trinajstić information content (AvgIpc) is 2.27. The van der Waals surface area contributed by atoms with Crippen LogP contribution >= 0.6 is 0 Å². The van der Waals surface area contributed by atoms with Gasteiger partial charge in [-0.2, -0.15) is 0 Å². The number of hydrogen-bond acceptors (Lipinski definition) is 1. The number of alkyl halides is 2. The maximum atomic E-state index is 13.6. The molecule has 0 aromatic heterocycles. The Kier molecular flexibility index (Phi) is 4.71. The van der Waals surface area contributed by atoms with Crippen LogP contribution in [-0.4, -0.2) is 23.6 Å². The van der Waals surface area contributed by atoms with Gasteiger partial charge >= 0.3 is 0 Å². The highest BCUT2D eigenvalue weighted by atomic mass is 19.2. The fraction of sp³-hybridized carbons (Fsp3) is 0.833. The summed E-state index contributed by atoms with van der Waals surface area (Å²) in [6.07, 6.45) is 1.47. The molecular weight excluding hydrogens is 198 g/mol. The first-order valence-electron chi connectivity index (χ1n) is 5.69. The predicted molar refractivity (Wildman–Crippen MR) is 57.2 cm³/mol. The molecule has 1 nitrogen and oxygen atoms in total. The van der Waals surface area contributed by atoms with Crippen molar-refractivity contribution < 1.29 is 13.9 Å². The van der Waals surface area contributed by atoms with Gasteiger partial charge in [0.05, 0.1) is 6.10 Å². The van der Waals surface area contributed by atoms with E-state index in [1.807, 2.05) is 6.08 Å². The molecule has 3 heteroatoms. The van der Waals surface area contributed by atoms with Crippen molar-refractivity contribution in [3.05, 3.63) is 11.6 Å². The Morgan fingerprint density at radius 3 is 2.33 bits per heavy atom. The molecule has 1 aliphatic rings. The van der Waals surface area contributed by atoms with E-state index in [-0.39, 0.29) is 0 Å². The van der Waals surface area contributed by atoms with Gasteiger partial charge in [-0.05, 0) is 32.6 Å². The Balaban J connectivity index is 2.58. The Hall–Kier alpha value is -0.440. The van der Waals surface area contributed by atoms with E-state index in [0.717, 1.165) is 31.3 Å². The molecule has 0 aliphatic heterocycles. The van der Waals surface area contributed by atoms with E-state index in [4.69, 9.17) is 5.11 Å². The van der Waals surface area contributed by atoms with Gasteiger partial charge < -0.3 is 5.11 Å². The summed E-state index contributed by atoms with van der Waals surface area (Å²) in [6, 6.07) is 0. The molecule has 0 aromatic carbocycles. The maximum absolute atomic E-state index is 13.6. The molecule has 0 saturated carbocycles. The van der Waals surface area contributed by atoms with Crippen LogP contribution in [-0.2, 0) is 0 Å². The fourth-order valence-electron chi connectivity index (χ4n) is 2.02. The Labute approximate surface area is 90.2 Å². The van der Waals surface area contributed by atoms with Crippen molar-refractivity contribution in [3.63, 3.8) is 0 Å². The Morgan fingerprint density at radius 2 is 1.87 bits per heavy atom. The number of aliphatic hydroxyl groups excluding tert-OH is 1. The van der Waals surface area contributed by atoms with Crippen LogP contribution in [0, 0.1) is 5.92 Å². The zero-order valence-corrected chi connectivity index (χ0v) is 9.42. The van der Waals surface area contributed by atoms with Crippen LogP contribution in [0.25, 0.3) is 0 Å². The van der Waals surface area contributed by atoms with Crippen molar-refractivity contribution in [3.8, 4) is 0 Å². The highest BCUT2D eigenvalue weighted by Gasteiger charge is 2.32. The highest BCUT2D eigenvalue weighted by molar-refractivity contribution is 5.11. The number of hydrogen-bond donors (Lipinski definition) is 1. The second-order valence-corrected chi connectivity index (χ2v) is 4.44. The quantitative estimate of drug-likeness (QED) is 0.718. The molecule has 15 heavy (non-hydrogen) atoms. The van der Waals surface area contributed by atoms with Gasteiger partial charge in [-0.25, -0.2) is 8.78 Å². The molecule has 0 heterocycles. The van der Waals surface area contributed by atoms with Crippen molar-refractivity contribution in [1.29, 1.82) is 0 Å². The van der Waals surface area contributed by atoms with Crippen LogP contribution in [0.4, 0.5) is 8.78 Å². The second kappa shape index (κ2) is 5.59. The molecular formula is C12H20F2O. The van der Waals surface area contributed by atoms with Crippen LogP contribution in [0.15, 0.2) is 11.6 Å². The summed E-state index contributed by atoms with van der Waals surface area (Å²) in [5.74, 6) is -0.408. The van der Waals surface area contributed by atoms with Crippen LogP contribution in [0.2, 0.25) is 0 Å². The van der Waals surface area contributed by atoms with Gasteiger partial charge in [0.2, 0.25) is 0 Å². The third-order valence-corrected chi connectivity index (χ3v) is 3.15. The van der Waals surface area contributed by atoms with E-state index < -0.39 is 24.4 Å². The second-order valence-electron chi connectivity index (χ2n) is 4.44. The molecule has 0 aromatic rings. The van der Waals surface area contributed by atoms with E-state index in [2.05, 4.69) is 0 Å². The minimum absolute atomic E-state index is 0.408. The number of rotatable bonds is 4. The summed E-state index contributed by atoms with van der Waals surface area (Å²) in [6.45, 7) is 3.00. The molecule has 0 spiro atoms. The smallest absolute Gasteiger partial charge is 0.157 e. The van der Waals surface area contributed by atoms with Crippen molar-refractivity contribution in [2.45, 2.75) is 58.0 Å². The number of halogens is 2. The summed E-state index contributed by atoms with van der Waals surface area (Å²) in [5.41, 5.74) is 1.01. The van der Waals surface area contributed by atoms with E-state index in [0.29, 0.717) is 0 Å². The third kappa shape index (κ3) is 3.26. The first kappa shape index (κ1) is 12.6. The van der Waals surface area contributed by atoms with Crippen LogP contribution in [0.1, 0.15) is 39.5 Å².